The Bertz CT molecular complexity index is 601. The summed E-state index contributed by atoms with van der Waals surface area (Å²) in [7, 11) is 0. The predicted octanol–water partition coefficient (Wildman–Crippen LogP) is 3.77. The minimum atomic E-state index is -0.774. The number of hydrogen-bond donors (Lipinski definition) is 1. The number of amides is 1. The second kappa shape index (κ2) is 8.34. The summed E-state index contributed by atoms with van der Waals surface area (Å²) in [6, 6.07) is 18.6. The van der Waals surface area contributed by atoms with E-state index in [-0.39, 0.29) is 0 Å². The average molecular weight is 313 g/mol. The van der Waals surface area contributed by atoms with Crippen LogP contribution in [0.4, 0.5) is 4.79 Å². The lowest BCUT2D eigenvalue weighted by Gasteiger charge is -2.32. The molecule has 0 aliphatic rings. The highest BCUT2D eigenvalue weighted by Gasteiger charge is 2.28. The summed E-state index contributed by atoms with van der Waals surface area (Å²) in [5.41, 5.74) is 1.77. The van der Waals surface area contributed by atoms with Gasteiger partial charge in [-0.05, 0) is 25.0 Å². The Labute approximate surface area is 137 Å². The van der Waals surface area contributed by atoms with Crippen LogP contribution in [0.2, 0.25) is 0 Å². The molecule has 0 bridgehead atoms. The first kappa shape index (κ1) is 17.0. The maximum atomic E-state index is 12.3. The Balaban J connectivity index is 2.20. The summed E-state index contributed by atoms with van der Waals surface area (Å²) in [6.45, 7) is 4.30. The first-order valence-corrected chi connectivity index (χ1v) is 7.83. The van der Waals surface area contributed by atoms with Crippen molar-refractivity contribution in [3.8, 4) is 0 Å². The molecule has 4 heteroatoms. The van der Waals surface area contributed by atoms with E-state index >= 15 is 0 Å². The molecule has 2 atom stereocenters. The van der Waals surface area contributed by atoms with Crippen molar-refractivity contribution in [3.63, 3.8) is 0 Å². The fraction of sp³-hybridized carbons (Fsp3) is 0.316. The minimum Gasteiger partial charge on any atom is -0.450 e. The van der Waals surface area contributed by atoms with Crippen LogP contribution in [0.25, 0.3) is 0 Å². The largest absolute Gasteiger partial charge is 0.450 e. The first-order chi connectivity index (χ1) is 11.1. The molecule has 23 heavy (non-hydrogen) atoms. The maximum absolute atomic E-state index is 12.3. The number of ether oxygens (including phenoxy) is 1. The van der Waals surface area contributed by atoms with E-state index in [1.165, 1.54) is 0 Å². The minimum absolute atomic E-state index is 0.304. The van der Waals surface area contributed by atoms with Crippen molar-refractivity contribution in [2.75, 3.05) is 6.61 Å². The summed E-state index contributed by atoms with van der Waals surface area (Å²) in [5.74, 6) is 0. The van der Waals surface area contributed by atoms with Crippen molar-refractivity contribution in [1.29, 1.82) is 0 Å². The van der Waals surface area contributed by atoms with Crippen LogP contribution in [0.5, 0.6) is 0 Å². The molecule has 0 saturated heterocycles. The van der Waals surface area contributed by atoms with Gasteiger partial charge in [-0.25, -0.2) is 4.79 Å². The lowest BCUT2D eigenvalue weighted by atomic mass is 10.0. The first-order valence-electron chi connectivity index (χ1n) is 7.83. The zero-order chi connectivity index (χ0) is 16.7. The Hall–Kier alpha value is -2.33. The number of carbonyl (C=O) groups excluding carboxylic acids is 1. The number of benzene rings is 2. The van der Waals surface area contributed by atoms with Crippen molar-refractivity contribution in [1.82, 2.24) is 4.90 Å². The molecule has 0 saturated carbocycles. The van der Waals surface area contributed by atoms with Gasteiger partial charge in [-0.15, -0.1) is 0 Å². The van der Waals surface area contributed by atoms with Gasteiger partial charge in [-0.3, -0.25) is 4.90 Å². The van der Waals surface area contributed by atoms with E-state index in [1.807, 2.05) is 67.6 Å². The average Bonchev–Trinajstić information content (AvgIpc) is 2.60. The summed E-state index contributed by atoms with van der Waals surface area (Å²) in [5, 5.41) is 10.6. The van der Waals surface area contributed by atoms with Gasteiger partial charge in [0.1, 0.15) is 0 Å². The van der Waals surface area contributed by atoms with Gasteiger partial charge in [0.05, 0.1) is 18.8 Å². The van der Waals surface area contributed by atoms with Crippen molar-refractivity contribution in [2.24, 2.45) is 0 Å². The molecule has 0 aromatic heterocycles. The van der Waals surface area contributed by atoms with Gasteiger partial charge in [0.2, 0.25) is 0 Å². The van der Waals surface area contributed by atoms with Crippen molar-refractivity contribution in [2.45, 2.75) is 32.5 Å². The number of nitrogens with zero attached hydrogens (tertiary/aromatic N) is 1. The fourth-order valence-corrected chi connectivity index (χ4v) is 2.46. The van der Waals surface area contributed by atoms with E-state index in [4.69, 9.17) is 4.74 Å². The molecule has 0 aliphatic carbocycles. The smallest absolute Gasteiger partial charge is 0.410 e. The Morgan fingerprint density at radius 1 is 1.09 bits per heavy atom. The highest BCUT2D eigenvalue weighted by Crippen LogP contribution is 2.23. The van der Waals surface area contributed by atoms with Crippen LogP contribution in [0.15, 0.2) is 60.7 Å². The molecule has 122 valence electrons. The lowest BCUT2D eigenvalue weighted by Crippen LogP contribution is -2.42. The Kier molecular flexibility index (Phi) is 6.18. The zero-order valence-electron chi connectivity index (χ0n) is 13.6. The number of rotatable bonds is 6. The molecule has 1 amide bonds. The van der Waals surface area contributed by atoms with Crippen LogP contribution in [0.3, 0.4) is 0 Å². The van der Waals surface area contributed by atoms with E-state index in [1.54, 1.807) is 11.8 Å². The van der Waals surface area contributed by atoms with Crippen molar-refractivity contribution >= 4 is 6.09 Å². The topological polar surface area (TPSA) is 49.8 Å². The summed E-state index contributed by atoms with van der Waals surface area (Å²) in [4.78, 5) is 13.9. The quantitative estimate of drug-likeness (QED) is 0.883. The lowest BCUT2D eigenvalue weighted by molar-refractivity contribution is 0.0376. The fourth-order valence-electron chi connectivity index (χ4n) is 2.46. The van der Waals surface area contributed by atoms with Crippen LogP contribution >= 0.6 is 0 Å². The molecule has 2 aromatic carbocycles. The highest BCUT2D eigenvalue weighted by molar-refractivity contribution is 5.68. The molecule has 0 aliphatic heterocycles. The third-order valence-corrected chi connectivity index (χ3v) is 3.79. The third-order valence-electron chi connectivity index (χ3n) is 3.79. The van der Waals surface area contributed by atoms with Crippen LogP contribution in [-0.4, -0.2) is 28.7 Å². The van der Waals surface area contributed by atoms with E-state index in [9.17, 15) is 9.90 Å². The van der Waals surface area contributed by atoms with E-state index < -0.39 is 18.2 Å². The third kappa shape index (κ3) is 4.57. The Morgan fingerprint density at radius 2 is 1.65 bits per heavy atom. The SMILES string of the molecule is CCOC(=O)N(Cc1ccccc1)[C@@H](C)[C@H](O)c1ccccc1. The standard InChI is InChI=1S/C19H23NO3/c1-3-23-19(22)20(14-16-10-6-4-7-11-16)15(2)18(21)17-12-8-5-9-13-17/h4-13,15,18,21H,3,14H2,1-2H3/t15-,18-/m0/s1. The van der Waals surface area contributed by atoms with Gasteiger partial charge in [0.25, 0.3) is 0 Å². The van der Waals surface area contributed by atoms with Gasteiger partial charge >= 0.3 is 6.09 Å². The summed E-state index contributed by atoms with van der Waals surface area (Å²) >= 11 is 0. The molecular formula is C19H23NO3. The molecular weight excluding hydrogens is 290 g/mol. The van der Waals surface area contributed by atoms with Gasteiger partial charge < -0.3 is 9.84 Å². The molecule has 0 spiro atoms. The van der Waals surface area contributed by atoms with Crippen LogP contribution < -0.4 is 0 Å². The van der Waals surface area contributed by atoms with Gasteiger partial charge in [0.15, 0.2) is 0 Å². The molecule has 4 nitrogen and oxygen atoms in total. The Morgan fingerprint density at radius 3 is 2.22 bits per heavy atom. The number of hydrogen-bond acceptors (Lipinski definition) is 3. The summed E-state index contributed by atoms with van der Waals surface area (Å²) in [6.07, 6.45) is -1.19. The monoisotopic (exact) mass is 313 g/mol. The zero-order valence-corrected chi connectivity index (χ0v) is 13.6. The number of carbonyl (C=O) groups is 1. The van der Waals surface area contributed by atoms with Gasteiger partial charge in [-0.2, -0.15) is 0 Å². The predicted molar refractivity (Wildman–Crippen MR) is 89.9 cm³/mol. The second-order valence-corrected chi connectivity index (χ2v) is 5.41. The van der Waals surface area contributed by atoms with E-state index in [2.05, 4.69) is 0 Å². The van der Waals surface area contributed by atoms with Crippen LogP contribution in [-0.2, 0) is 11.3 Å². The molecule has 2 aromatic rings. The van der Waals surface area contributed by atoms with Gasteiger partial charge in [-0.1, -0.05) is 60.7 Å². The molecule has 0 fully saturated rings. The van der Waals surface area contributed by atoms with E-state index in [0.29, 0.717) is 13.2 Å². The van der Waals surface area contributed by atoms with Crippen LogP contribution in [0.1, 0.15) is 31.1 Å². The molecule has 0 radical (unpaired) electrons. The van der Waals surface area contributed by atoms with Gasteiger partial charge in [0, 0.05) is 6.54 Å². The van der Waals surface area contributed by atoms with Crippen molar-refractivity contribution < 1.29 is 14.6 Å². The summed E-state index contributed by atoms with van der Waals surface area (Å²) < 4.78 is 5.16. The maximum Gasteiger partial charge on any atom is 0.410 e. The van der Waals surface area contributed by atoms with Crippen LogP contribution in [0, 0.1) is 0 Å². The number of aliphatic hydroxyl groups excluding tert-OH is 1. The molecule has 0 unspecified atom stereocenters. The highest BCUT2D eigenvalue weighted by atomic mass is 16.6. The number of aliphatic hydroxyl groups is 1. The van der Waals surface area contributed by atoms with Crippen molar-refractivity contribution in [3.05, 3.63) is 71.8 Å². The van der Waals surface area contributed by atoms with E-state index in [0.717, 1.165) is 11.1 Å². The molecule has 0 heterocycles. The normalized spacial score (nSPS) is 13.2. The molecule has 1 N–H and O–H groups in total. The second-order valence-electron chi connectivity index (χ2n) is 5.41. The molecule has 2 rings (SSSR count).